The molecule has 2 heterocycles. The fourth-order valence-corrected chi connectivity index (χ4v) is 5.69. The van der Waals surface area contributed by atoms with E-state index in [1.54, 1.807) is 30.3 Å². The van der Waals surface area contributed by atoms with E-state index in [0.717, 1.165) is 0 Å². The Morgan fingerprint density at radius 2 is 1.86 bits per heavy atom. The van der Waals surface area contributed by atoms with Crippen LogP contribution in [0.1, 0.15) is 49.3 Å². The molecule has 0 bridgehead atoms. The number of nitrogens with one attached hydrogen (secondary N) is 2. The van der Waals surface area contributed by atoms with Crippen LogP contribution >= 0.6 is 11.8 Å². The molecule has 0 spiro atoms. The predicted molar refractivity (Wildman–Crippen MR) is 134 cm³/mol. The maximum Gasteiger partial charge on any atom is 0.269 e. The van der Waals surface area contributed by atoms with Gasteiger partial charge in [0.2, 0.25) is 0 Å². The van der Waals surface area contributed by atoms with Crippen molar-refractivity contribution in [2.24, 2.45) is 5.41 Å². The number of hydrogen-bond acceptors (Lipinski definition) is 7. The third-order valence-corrected chi connectivity index (χ3v) is 7.38. The second kappa shape index (κ2) is 9.02. The molecular formula is C26H23FN4O4S. The molecule has 0 amide bonds. The van der Waals surface area contributed by atoms with Crippen LogP contribution in [0.25, 0.3) is 0 Å². The van der Waals surface area contributed by atoms with Gasteiger partial charge in [-0.2, -0.15) is 0 Å². The number of fused-ring (bicyclic) bond motifs is 1. The first kappa shape index (κ1) is 23.9. The summed E-state index contributed by atoms with van der Waals surface area (Å²) in [5, 5.41) is 14.7. The molecule has 2 aromatic carbocycles. The summed E-state index contributed by atoms with van der Waals surface area (Å²) in [7, 11) is 0. The van der Waals surface area contributed by atoms with E-state index in [9.17, 15) is 24.1 Å². The molecule has 0 saturated carbocycles. The number of Topliss-reactive ketones (excluding diaryl/α,β-unsaturated/α-hetero) is 1. The topological polar surface area (TPSA) is 118 Å². The number of thioether (sulfide) groups is 1. The summed E-state index contributed by atoms with van der Waals surface area (Å²) in [4.78, 5) is 44.7. The number of hydrogen-bond donors (Lipinski definition) is 2. The maximum absolute atomic E-state index is 14.1. The number of nitro benzene ring substituents is 1. The summed E-state index contributed by atoms with van der Waals surface area (Å²) < 4.78 is 14.1. The predicted octanol–water partition coefficient (Wildman–Crippen LogP) is 5.31. The minimum absolute atomic E-state index is 0.0693. The highest BCUT2D eigenvalue weighted by Crippen LogP contribution is 2.47. The number of nitro groups is 1. The lowest BCUT2D eigenvalue weighted by atomic mass is 9.69. The molecule has 0 unspecified atom stereocenters. The van der Waals surface area contributed by atoms with Crippen molar-refractivity contribution in [1.29, 1.82) is 0 Å². The number of carbonyl (C=O) groups is 1. The summed E-state index contributed by atoms with van der Waals surface area (Å²) in [5.74, 6) is -0.496. The Morgan fingerprint density at radius 1 is 1.14 bits per heavy atom. The van der Waals surface area contributed by atoms with Gasteiger partial charge in [0.25, 0.3) is 11.2 Å². The first-order valence-electron chi connectivity index (χ1n) is 11.4. The Bertz CT molecular complexity index is 1480. The number of H-pyrrole nitrogens is 1. The van der Waals surface area contributed by atoms with Crippen LogP contribution in [0.3, 0.4) is 0 Å². The lowest BCUT2D eigenvalue weighted by Gasteiger charge is -2.38. The summed E-state index contributed by atoms with van der Waals surface area (Å²) in [6, 6.07) is 12.3. The van der Waals surface area contributed by atoms with Gasteiger partial charge in [-0.3, -0.25) is 19.7 Å². The average Bonchev–Trinajstić information content (AvgIpc) is 2.81. The van der Waals surface area contributed by atoms with Crippen molar-refractivity contribution in [3.05, 3.63) is 103 Å². The summed E-state index contributed by atoms with van der Waals surface area (Å²) in [5.41, 5.74) is 1.80. The van der Waals surface area contributed by atoms with E-state index in [1.807, 2.05) is 13.8 Å². The van der Waals surface area contributed by atoms with E-state index in [2.05, 4.69) is 15.3 Å². The number of halogens is 1. The molecule has 1 aliphatic heterocycles. The van der Waals surface area contributed by atoms with Gasteiger partial charge in [-0.25, -0.2) is 9.37 Å². The molecule has 3 aromatic rings. The Morgan fingerprint density at radius 3 is 2.56 bits per heavy atom. The van der Waals surface area contributed by atoms with Gasteiger partial charge in [0, 0.05) is 41.5 Å². The normalized spacial score (nSPS) is 18.3. The molecule has 1 aromatic heterocycles. The van der Waals surface area contributed by atoms with Gasteiger partial charge < -0.3 is 10.3 Å². The summed E-state index contributed by atoms with van der Waals surface area (Å²) in [6.45, 7) is 4.02. The lowest BCUT2D eigenvalue weighted by Crippen LogP contribution is -2.37. The van der Waals surface area contributed by atoms with E-state index in [0.29, 0.717) is 46.2 Å². The van der Waals surface area contributed by atoms with Crippen molar-refractivity contribution in [2.75, 3.05) is 5.32 Å². The highest BCUT2D eigenvalue weighted by Gasteiger charge is 2.42. The fourth-order valence-electron chi connectivity index (χ4n) is 4.85. The number of aromatic nitrogens is 2. The zero-order valence-corrected chi connectivity index (χ0v) is 20.4. The van der Waals surface area contributed by atoms with Crippen LogP contribution in [-0.4, -0.2) is 20.7 Å². The molecule has 1 atom stereocenters. The Hall–Kier alpha value is -3.79. The quantitative estimate of drug-likeness (QED) is 0.208. The summed E-state index contributed by atoms with van der Waals surface area (Å²) in [6.07, 6.45) is 0.914. The van der Waals surface area contributed by atoms with Gasteiger partial charge in [-0.05, 0) is 29.0 Å². The smallest absolute Gasteiger partial charge is 0.269 e. The number of non-ortho nitro benzene ring substituents is 1. The van der Waals surface area contributed by atoms with Gasteiger partial charge in [0.15, 0.2) is 10.9 Å². The highest BCUT2D eigenvalue weighted by atomic mass is 32.2. The molecule has 0 radical (unpaired) electrons. The van der Waals surface area contributed by atoms with Crippen molar-refractivity contribution in [1.82, 2.24) is 9.97 Å². The second-order valence-corrected chi connectivity index (χ2v) is 10.7. The number of benzene rings is 2. The average molecular weight is 507 g/mol. The number of rotatable bonds is 5. The van der Waals surface area contributed by atoms with Crippen LogP contribution < -0.4 is 10.9 Å². The van der Waals surface area contributed by atoms with Crippen LogP contribution in [-0.2, 0) is 10.5 Å². The van der Waals surface area contributed by atoms with Crippen molar-refractivity contribution >= 4 is 29.1 Å². The van der Waals surface area contributed by atoms with Crippen LogP contribution in [0.4, 0.5) is 15.9 Å². The Balaban J connectivity index is 1.59. The van der Waals surface area contributed by atoms with E-state index < -0.39 is 16.4 Å². The minimum Gasteiger partial charge on any atom is -0.343 e. The third-order valence-electron chi connectivity index (χ3n) is 6.46. The van der Waals surface area contributed by atoms with Crippen LogP contribution in [0.15, 0.2) is 69.8 Å². The first-order chi connectivity index (χ1) is 17.1. The monoisotopic (exact) mass is 506 g/mol. The van der Waals surface area contributed by atoms with Crippen LogP contribution in [0.2, 0.25) is 0 Å². The second-order valence-electron chi connectivity index (χ2n) is 9.75. The number of allylic oxidation sites excluding steroid dienone is 2. The molecule has 2 aliphatic rings. The number of ketones is 1. The minimum atomic E-state index is -0.706. The van der Waals surface area contributed by atoms with E-state index >= 15 is 0 Å². The van der Waals surface area contributed by atoms with Crippen molar-refractivity contribution in [2.45, 2.75) is 43.5 Å². The Kier molecular flexibility index (Phi) is 5.99. The third kappa shape index (κ3) is 4.44. The molecule has 184 valence electrons. The summed E-state index contributed by atoms with van der Waals surface area (Å²) >= 11 is 1.20. The fraction of sp³-hybridized carbons (Fsp3) is 0.269. The maximum atomic E-state index is 14.1. The van der Waals surface area contributed by atoms with Gasteiger partial charge in [-0.15, -0.1) is 0 Å². The number of nitrogens with zero attached hydrogens (tertiary/aromatic N) is 2. The van der Waals surface area contributed by atoms with Crippen molar-refractivity contribution in [3.63, 3.8) is 0 Å². The van der Waals surface area contributed by atoms with Crippen molar-refractivity contribution in [3.8, 4) is 0 Å². The molecule has 5 rings (SSSR count). The molecular weight excluding hydrogens is 483 g/mol. The zero-order chi connectivity index (χ0) is 25.6. The molecule has 8 nitrogen and oxygen atoms in total. The van der Waals surface area contributed by atoms with Crippen molar-refractivity contribution < 1.29 is 14.1 Å². The number of aromatic amines is 1. The van der Waals surface area contributed by atoms with E-state index in [4.69, 9.17) is 0 Å². The molecule has 1 aliphatic carbocycles. The molecule has 0 saturated heterocycles. The largest absolute Gasteiger partial charge is 0.343 e. The number of anilines is 1. The van der Waals surface area contributed by atoms with E-state index in [-0.39, 0.29) is 34.0 Å². The van der Waals surface area contributed by atoms with Gasteiger partial charge >= 0.3 is 0 Å². The lowest BCUT2D eigenvalue weighted by molar-refractivity contribution is -0.384. The zero-order valence-electron chi connectivity index (χ0n) is 19.6. The standard InChI is InChI=1S/C26H23FN4O4S/c1-26(2)11-18-21(19(32)12-26)20(14-7-9-16(10-8-14)31(34)35)22-23(28-18)29-25(30-24(22)33)36-13-15-5-3-4-6-17(15)27/h3-10,20H,11-13H2,1-2H3,(H2,28,29,30,33)/t20-/m0/s1. The van der Waals surface area contributed by atoms with Gasteiger partial charge in [0.05, 0.1) is 10.5 Å². The highest BCUT2D eigenvalue weighted by molar-refractivity contribution is 7.98. The SMILES string of the molecule is CC1(C)CC(=O)C2=C(C1)Nc1nc(SCc3ccccc3F)[nH]c(=O)c1[C@H]2c1ccc([N+](=O)[O-])cc1. The Labute approximate surface area is 210 Å². The molecule has 36 heavy (non-hydrogen) atoms. The van der Waals surface area contributed by atoms with Gasteiger partial charge in [-0.1, -0.05) is 55.9 Å². The molecule has 2 N–H and O–H groups in total. The van der Waals surface area contributed by atoms with Crippen LogP contribution in [0.5, 0.6) is 0 Å². The molecule has 0 fully saturated rings. The van der Waals surface area contributed by atoms with E-state index in [1.165, 1.54) is 30.0 Å². The van der Waals surface area contributed by atoms with Crippen LogP contribution in [0, 0.1) is 21.3 Å². The first-order valence-corrected chi connectivity index (χ1v) is 12.4. The van der Waals surface area contributed by atoms with Gasteiger partial charge in [0.1, 0.15) is 11.6 Å². The number of carbonyl (C=O) groups excluding carboxylic acids is 1. The molecule has 10 heteroatoms.